The molecule has 0 aliphatic carbocycles. The van der Waals surface area contributed by atoms with E-state index in [9.17, 15) is 13.2 Å². The Kier molecular flexibility index (Phi) is 3.84. The number of halogens is 4. The highest BCUT2D eigenvalue weighted by Crippen LogP contribution is 2.36. The molecule has 0 saturated carbocycles. The molecule has 8 heteroatoms. The molecule has 0 amide bonds. The molecule has 2 aromatic heterocycles. The van der Waals surface area contributed by atoms with Crippen LogP contribution in [0, 0.1) is 0 Å². The smallest absolute Gasteiger partial charge is 0.346 e. The van der Waals surface area contributed by atoms with E-state index in [2.05, 4.69) is 4.98 Å². The number of nitrogens with zero attached hydrogens (tertiary/aromatic N) is 2. The fraction of sp³-hybridized carbons (Fsp3) is 0.300. The normalized spacial score (nSPS) is 11.8. The number of alkyl halides is 3. The van der Waals surface area contributed by atoms with Crippen molar-refractivity contribution in [3.63, 3.8) is 0 Å². The van der Waals surface area contributed by atoms with Crippen molar-refractivity contribution in [1.82, 2.24) is 4.98 Å². The number of anilines is 1. The average Bonchev–Trinajstić information content (AvgIpc) is 2.85. The van der Waals surface area contributed by atoms with Crippen molar-refractivity contribution in [2.75, 3.05) is 11.9 Å². The first-order valence-corrected chi connectivity index (χ1v) is 6.86. The second-order valence-corrected chi connectivity index (χ2v) is 6.38. The summed E-state index contributed by atoms with van der Waals surface area (Å²) in [6.07, 6.45) is -3.47. The summed E-state index contributed by atoms with van der Waals surface area (Å²) in [7, 11) is 1.70. The number of hydrogen-bond donors (Lipinski definition) is 0. The highest BCUT2D eigenvalue weighted by Gasteiger charge is 2.33. The van der Waals surface area contributed by atoms with E-state index in [4.69, 9.17) is 11.6 Å². The van der Waals surface area contributed by atoms with Gasteiger partial charge in [0.2, 0.25) is 0 Å². The number of rotatable bonds is 3. The zero-order valence-electron chi connectivity index (χ0n) is 9.16. The molecule has 0 atom stereocenters. The van der Waals surface area contributed by atoms with Crippen LogP contribution < -0.4 is 4.90 Å². The molecule has 98 valence electrons. The summed E-state index contributed by atoms with van der Waals surface area (Å²) in [5.41, 5.74) is 0. The summed E-state index contributed by atoms with van der Waals surface area (Å²) in [6, 6.07) is 3.61. The molecule has 0 bridgehead atoms. The van der Waals surface area contributed by atoms with Gasteiger partial charge in [0.15, 0.2) is 5.13 Å². The molecule has 0 aromatic carbocycles. The number of hydrogen-bond acceptors (Lipinski definition) is 4. The Labute approximate surface area is 115 Å². The predicted octanol–water partition coefficient (Wildman–Crippen LogP) is 4.51. The van der Waals surface area contributed by atoms with E-state index in [1.165, 1.54) is 11.3 Å². The van der Waals surface area contributed by atoms with Crippen LogP contribution in [-0.2, 0) is 12.7 Å². The summed E-state index contributed by atoms with van der Waals surface area (Å²) in [5, 5.41) is 0.340. The molecule has 0 spiro atoms. The molecular formula is C10H8ClF3N2S2. The molecule has 0 aliphatic rings. The summed E-state index contributed by atoms with van der Waals surface area (Å²) >= 11 is 7.83. The first-order valence-electron chi connectivity index (χ1n) is 4.84. The quantitative estimate of drug-likeness (QED) is 0.828. The zero-order valence-corrected chi connectivity index (χ0v) is 11.6. The molecule has 0 radical (unpaired) electrons. The van der Waals surface area contributed by atoms with Crippen LogP contribution in [0.3, 0.4) is 0 Å². The molecule has 0 N–H and O–H groups in total. The summed E-state index contributed by atoms with van der Waals surface area (Å²) in [6.45, 7) is 0.488. The maximum Gasteiger partial charge on any atom is 0.427 e. The lowest BCUT2D eigenvalue weighted by Crippen LogP contribution is -2.14. The fourth-order valence-corrected chi connectivity index (χ4v) is 3.20. The second-order valence-electron chi connectivity index (χ2n) is 3.57. The highest BCUT2D eigenvalue weighted by molar-refractivity contribution is 7.16. The van der Waals surface area contributed by atoms with Gasteiger partial charge in [-0.15, -0.1) is 11.3 Å². The van der Waals surface area contributed by atoms with E-state index < -0.39 is 11.1 Å². The molecule has 0 unspecified atom stereocenters. The van der Waals surface area contributed by atoms with Gasteiger partial charge in [-0.2, -0.15) is 13.2 Å². The van der Waals surface area contributed by atoms with Crippen molar-refractivity contribution in [3.05, 3.63) is 32.4 Å². The highest BCUT2D eigenvalue weighted by atomic mass is 35.5. The standard InChI is InChI=1S/C10H8ClF3N2S2/c1-16(5-6-2-3-8(11)17-6)9-15-4-7(18-9)10(12,13)14/h2-4H,5H2,1H3. The van der Waals surface area contributed by atoms with Gasteiger partial charge in [0.05, 0.1) is 17.1 Å². The molecule has 18 heavy (non-hydrogen) atoms. The van der Waals surface area contributed by atoms with Crippen LogP contribution in [0.4, 0.5) is 18.3 Å². The van der Waals surface area contributed by atoms with E-state index in [0.717, 1.165) is 11.1 Å². The van der Waals surface area contributed by atoms with Gasteiger partial charge in [0, 0.05) is 11.9 Å². The third-order valence-electron chi connectivity index (χ3n) is 2.12. The summed E-state index contributed by atoms with van der Waals surface area (Å²) < 4.78 is 38.0. The molecule has 0 saturated heterocycles. The topological polar surface area (TPSA) is 16.1 Å². The third kappa shape index (κ3) is 3.15. The van der Waals surface area contributed by atoms with E-state index >= 15 is 0 Å². The minimum absolute atomic E-state index is 0.340. The first-order chi connectivity index (χ1) is 8.36. The Bertz CT molecular complexity index is 535. The maximum absolute atomic E-state index is 12.4. The van der Waals surface area contributed by atoms with Crippen LogP contribution in [0.1, 0.15) is 9.75 Å². The third-order valence-corrected chi connectivity index (χ3v) is 4.49. The van der Waals surface area contributed by atoms with Gasteiger partial charge in [-0.25, -0.2) is 4.98 Å². The SMILES string of the molecule is CN(Cc1ccc(Cl)s1)c1ncc(C(F)(F)F)s1. The van der Waals surface area contributed by atoms with Crippen LogP contribution >= 0.6 is 34.3 Å². The van der Waals surface area contributed by atoms with Gasteiger partial charge < -0.3 is 4.90 Å². The maximum atomic E-state index is 12.4. The van der Waals surface area contributed by atoms with E-state index in [0.29, 0.717) is 27.3 Å². The van der Waals surface area contributed by atoms with Gasteiger partial charge in [0.1, 0.15) is 4.88 Å². The van der Waals surface area contributed by atoms with Crippen LogP contribution in [0.2, 0.25) is 4.34 Å². The lowest BCUT2D eigenvalue weighted by molar-refractivity contribution is -0.134. The number of thiophene rings is 1. The number of aromatic nitrogens is 1. The van der Waals surface area contributed by atoms with Crippen LogP contribution in [-0.4, -0.2) is 12.0 Å². The first kappa shape index (κ1) is 13.6. The Balaban J connectivity index is 2.09. The predicted molar refractivity (Wildman–Crippen MR) is 68.6 cm³/mol. The monoisotopic (exact) mass is 312 g/mol. The lowest BCUT2D eigenvalue weighted by atomic mass is 10.4. The van der Waals surface area contributed by atoms with Gasteiger partial charge in [-0.1, -0.05) is 22.9 Å². The second kappa shape index (κ2) is 5.07. The largest absolute Gasteiger partial charge is 0.427 e. The van der Waals surface area contributed by atoms with E-state index in [1.807, 2.05) is 6.07 Å². The lowest BCUT2D eigenvalue weighted by Gasteiger charge is -2.14. The van der Waals surface area contributed by atoms with Crippen molar-refractivity contribution < 1.29 is 13.2 Å². The molecule has 2 nitrogen and oxygen atoms in total. The van der Waals surface area contributed by atoms with Gasteiger partial charge in [-0.05, 0) is 12.1 Å². The van der Waals surface area contributed by atoms with Crippen LogP contribution in [0.25, 0.3) is 0 Å². The Hall–Kier alpha value is -0.790. The van der Waals surface area contributed by atoms with E-state index in [-0.39, 0.29) is 0 Å². The Morgan fingerprint density at radius 3 is 2.56 bits per heavy atom. The summed E-state index contributed by atoms with van der Waals surface area (Å²) in [5.74, 6) is 0. The minimum Gasteiger partial charge on any atom is -0.346 e. The Morgan fingerprint density at radius 2 is 2.06 bits per heavy atom. The van der Waals surface area contributed by atoms with Gasteiger partial charge in [0.25, 0.3) is 0 Å². The number of thiazole rings is 1. The van der Waals surface area contributed by atoms with Crippen molar-refractivity contribution in [3.8, 4) is 0 Å². The molecule has 2 aromatic rings. The van der Waals surface area contributed by atoms with E-state index in [1.54, 1.807) is 18.0 Å². The van der Waals surface area contributed by atoms with Crippen molar-refractivity contribution >= 4 is 39.4 Å². The van der Waals surface area contributed by atoms with Crippen LogP contribution in [0.5, 0.6) is 0 Å². The summed E-state index contributed by atoms with van der Waals surface area (Å²) in [4.78, 5) is 5.74. The molecule has 0 fully saturated rings. The zero-order chi connectivity index (χ0) is 13.3. The van der Waals surface area contributed by atoms with Crippen molar-refractivity contribution in [2.45, 2.75) is 12.7 Å². The van der Waals surface area contributed by atoms with Crippen LogP contribution in [0.15, 0.2) is 18.3 Å². The Morgan fingerprint density at radius 1 is 1.33 bits per heavy atom. The van der Waals surface area contributed by atoms with Gasteiger partial charge >= 0.3 is 6.18 Å². The molecule has 2 rings (SSSR count). The van der Waals surface area contributed by atoms with Gasteiger partial charge in [-0.3, -0.25) is 0 Å². The van der Waals surface area contributed by atoms with Crippen molar-refractivity contribution in [2.24, 2.45) is 0 Å². The fourth-order valence-electron chi connectivity index (χ4n) is 1.31. The molecule has 2 heterocycles. The molecular weight excluding hydrogens is 305 g/mol. The minimum atomic E-state index is -4.33. The van der Waals surface area contributed by atoms with Crippen molar-refractivity contribution in [1.29, 1.82) is 0 Å². The molecule has 0 aliphatic heterocycles. The average molecular weight is 313 g/mol.